The van der Waals surface area contributed by atoms with E-state index < -0.39 is 17.5 Å². The Morgan fingerprint density at radius 3 is 2.07 bits per heavy atom. The lowest BCUT2D eigenvalue weighted by Gasteiger charge is -2.61. The van der Waals surface area contributed by atoms with Crippen molar-refractivity contribution < 1.29 is 19.1 Å². The molecule has 1 unspecified atom stereocenters. The molecule has 0 spiro atoms. The van der Waals surface area contributed by atoms with Crippen LogP contribution >= 0.6 is 0 Å². The van der Waals surface area contributed by atoms with Gasteiger partial charge < -0.3 is 9.47 Å². The molecule has 0 aliphatic heterocycles. The maximum Gasteiger partial charge on any atom is 0.344 e. The van der Waals surface area contributed by atoms with Crippen LogP contribution in [0.25, 0.3) is 0 Å². The Hall–Kier alpha value is -1.84. The highest BCUT2D eigenvalue weighted by atomic mass is 16.6. The van der Waals surface area contributed by atoms with Crippen LogP contribution in [0.5, 0.6) is 0 Å². The number of ether oxygens (including phenoxy) is 2. The molecule has 0 aromatic heterocycles. The van der Waals surface area contributed by atoms with Crippen LogP contribution < -0.4 is 0 Å². The summed E-state index contributed by atoms with van der Waals surface area (Å²) in [5.74, 6) is 1.92. The fourth-order valence-electron chi connectivity index (χ4n) is 6.66. The summed E-state index contributed by atoms with van der Waals surface area (Å²) in [5, 5.41) is 0. The number of benzene rings is 1. The molecule has 1 aromatic rings. The zero-order valence-corrected chi connectivity index (χ0v) is 18.9. The molecule has 0 N–H and O–H groups in total. The van der Waals surface area contributed by atoms with Gasteiger partial charge in [0.25, 0.3) is 0 Å². The topological polar surface area (TPSA) is 52.6 Å². The van der Waals surface area contributed by atoms with E-state index in [0.29, 0.717) is 11.5 Å². The smallest absolute Gasteiger partial charge is 0.344 e. The van der Waals surface area contributed by atoms with Crippen LogP contribution in [-0.4, -0.2) is 24.1 Å². The molecule has 4 heteroatoms. The fourth-order valence-corrected chi connectivity index (χ4v) is 6.66. The summed E-state index contributed by atoms with van der Waals surface area (Å²) in [6.45, 7) is 8.10. The summed E-state index contributed by atoms with van der Waals surface area (Å²) in [4.78, 5) is 24.9. The molecule has 0 amide bonds. The lowest BCUT2D eigenvalue weighted by molar-refractivity contribution is -0.200. The average molecular weight is 413 g/mol. The van der Waals surface area contributed by atoms with Crippen molar-refractivity contribution in [1.29, 1.82) is 0 Å². The van der Waals surface area contributed by atoms with E-state index in [0.717, 1.165) is 24.2 Å². The number of hydrogen-bond donors (Lipinski definition) is 0. The second kappa shape index (κ2) is 8.01. The third-order valence-electron chi connectivity index (χ3n) is 8.33. The summed E-state index contributed by atoms with van der Waals surface area (Å²) in [7, 11) is 0. The standard InChI is InChI=1S/C26H36O4/c1-5-17(2)21-6-8-22(9-7-21)24(28)29-16-23(27)30-25(3,4)26-13-18-10-19(14-26)12-20(11-18)15-26/h6-9,17-20H,5,10-16H2,1-4H3. The molecule has 4 aliphatic rings. The number of rotatable bonds is 7. The lowest BCUT2D eigenvalue weighted by Crippen LogP contribution is -2.57. The van der Waals surface area contributed by atoms with Crippen molar-refractivity contribution in [3.8, 4) is 0 Å². The van der Waals surface area contributed by atoms with Crippen molar-refractivity contribution in [3.63, 3.8) is 0 Å². The van der Waals surface area contributed by atoms with Crippen LogP contribution in [0.15, 0.2) is 24.3 Å². The maximum atomic E-state index is 12.6. The second-order valence-corrected chi connectivity index (χ2v) is 10.7. The molecule has 1 aromatic carbocycles. The molecule has 4 aliphatic carbocycles. The summed E-state index contributed by atoms with van der Waals surface area (Å²) in [5.41, 5.74) is 1.23. The van der Waals surface area contributed by atoms with E-state index in [-0.39, 0.29) is 12.0 Å². The number of hydrogen-bond acceptors (Lipinski definition) is 4. The molecule has 30 heavy (non-hydrogen) atoms. The molecule has 0 saturated heterocycles. The van der Waals surface area contributed by atoms with Gasteiger partial charge in [-0.05, 0) is 100 Å². The van der Waals surface area contributed by atoms with Crippen LogP contribution in [-0.2, 0) is 14.3 Å². The Kier molecular flexibility index (Phi) is 5.71. The van der Waals surface area contributed by atoms with Gasteiger partial charge in [-0.25, -0.2) is 9.59 Å². The predicted octanol–water partition coefficient (Wildman–Crippen LogP) is 5.90. The van der Waals surface area contributed by atoms with Crippen LogP contribution in [0.3, 0.4) is 0 Å². The van der Waals surface area contributed by atoms with Crippen molar-refractivity contribution in [2.24, 2.45) is 23.2 Å². The Morgan fingerprint density at radius 2 is 1.57 bits per heavy atom. The molecular formula is C26H36O4. The van der Waals surface area contributed by atoms with E-state index in [1.165, 1.54) is 44.1 Å². The first-order valence-corrected chi connectivity index (χ1v) is 11.7. The average Bonchev–Trinajstić information content (AvgIpc) is 2.70. The van der Waals surface area contributed by atoms with Gasteiger partial charge in [0, 0.05) is 5.41 Å². The third kappa shape index (κ3) is 4.02. The minimum absolute atomic E-state index is 0.0905. The van der Waals surface area contributed by atoms with Crippen LogP contribution in [0.1, 0.15) is 94.5 Å². The molecule has 4 nitrogen and oxygen atoms in total. The molecule has 164 valence electrons. The number of esters is 2. The van der Waals surface area contributed by atoms with Gasteiger partial charge >= 0.3 is 11.9 Å². The summed E-state index contributed by atoms with van der Waals surface area (Å²) in [6, 6.07) is 7.46. The maximum absolute atomic E-state index is 12.6. The van der Waals surface area contributed by atoms with E-state index in [1.807, 2.05) is 12.1 Å². The first kappa shape index (κ1) is 21.4. The normalized spacial score (nSPS) is 30.7. The summed E-state index contributed by atoms with van der Waals surface area (Å²) in [6.07, 6.45) is 8.63. The van der Waals surface area contributed by atoms with Crippen LogP contribution in [0.2, 0.25) is 0 Å². The van der Waals surface area contributed by atoms with E-state index in [9.17, 15) is 9.59 Å². The molecule has 4 fully saturated rings. The first-order valence-electron chi connectivity index (χ1n) is 11.7. The van der Waals surface area contributed by atoms with E-state index in [2.05, 4.69) is 27.7 Å². The molecular weight excluding hydrogens is 376 g/mol. The summed E-state index contributed by atoms with van der Waals surface area (Å²) >= 11 is 0. The highest BCUT2D eigenvalue weighted by Gasteiger charge is 2.58. The zero-order valence-electron chi connectivity index (χ0n) is 18.9. The number of carbonyl (C=O) groups excluding carboxylic acids is 2. The van der Waals surface area contributed by atoms with Crippen molar-refractivity contribution in [2.75, 3.05) is 6.61 Å². The van der Waals surface area contributed by atoms with E-state index in [4.69, 9.17) is 9.47 Å². The van der Waals surface area contributed by atoms with Gasteiger partial charge in [0.1, 0.15) is 5.60 Å². The zero-order chi connectivity index (χ0) is 21.5. The van der Waals surface area contributed by atoms with Gasteiger partial charge in [-0.3, -0.25) is 0 Å². The van der Waals surface area contributed by atoms with Crippen molar-refractivity contribution in [1.82, 2.24) is 0 Å². The van der Waals surface area contributed by atoms with Gasteiger partial charge in [0.2, 0.25) is 0 Å². The third-order valence-corrected chi connectivity index (χ3v) is 8.33. The largest absolute Gasteiger partial charge is 0.457 e. The number of carbonyl (C=O) groups is 2. The SMILES string of the molecule is CCC(C)c1ccc(C(=O)OCC(=O)OC(C)(C)C23CC4CC(CC(C4)C2)C3)cc1. The fraction of sp³-hybridized carbons (Fsp3) is 0.692. The van der Waals surface area contributed by atoms with Gasteiger partial charge in [-0.1, -0.05) is 26.0 Å². The predicted molar refractivity (Wildman–Crippen MR) is 116 cm³/mol. The molecule has 4 bridgehead atoms. The van der Waals surface area contributed by atoms with Gasteiger partial charge in [0.15, 0.2) is 6.61 Å². The monoisotopic (exact) mass is 412 g/mol. The van der Waals surface area contributed by atoms with Gasteiger partial charge in [-0.2, -0.15) is 0 Å². The van der Waals surface area contributed by atoms with Gasteiger partial charge in [0.05, 0.1) is 5.56 Å². The molecule has 5 rings (SSSR count). The van der Waals surface area contributed by atoms with Crippen LogP contribution in [0, 0.1) is 23.2 Å². The van der Waals surface area contributed by atoms with Crippen molar-refractivity contribution in [3.05, 3.63) is 35.4 Å². The van der Waals surface area contributed by atoms with E-state index >= 15 is 0 Å². The highest BCUT2D eigenvalue weighted by Crippen LogP contribution is 2.64. The summed E-state index contributed by atoms with van der Waals surface area (Å²) < 4.78 is 11.2. The quantitative estimate of drug-likeness (QED) is 0.524. The Morgan fingerprint density at radius 1 is 1.03 bits per heavy atom. The molecule has 0 radical (unpaired) electrons. The second-order valence-electron chi connectivity index (χ2n) is 10.7. The Balaban J connectivity index is 1.32. The Bertz CT molecular complexity index is 756. The van der Waals surface area contributed by atoms with Crippen molar-refractivity contribution >= 4 is 11.9 Å². The van der Waals surface area contributed by atoms with Gasteiger partial charge in [-0.15, -0.1) is 0 Å². The highest BCUT2D eigenvalue weighted by molar-refractivity contribution is 5.90. The lowest BCUT2D eigenvalue weighted by atomic mass is 9.46. The molecule has 1 atom stereocenters. The minimum Gasteiger partial charge on any atom is -0.457 e. The minimum atomic E-state index is -0.523. The molecule has 0 heterocycles. The van der Waals surface area contributed by atoms with Crippen molar-refractivity contribution in [2.45, 2.75) is 84.2 Å². The van der Waals surface area contributed by atoms with E-state index in [1.54, 1.807) is 12.1 Å². The van der Waals surface area contributed by atoms with Crippen LogP contribution in [0.4, 0.5) is 0 Å². The molecule has 4 saturated carbocycles. The Labute approximate surface area is 180 Å². The first-order chi connectivity index (χ1) is 14.2.